The molecule has 2 aromatic carbocycles. The maximum atomic E-state index is 13.5. The van der Waals surface area contributed by atoms with Crippen molar-refractivity contribution in [1.82, 2.24) is 0 Å². The molecular formula is C16H10F4. The highest BCUT2D eigenvalue weighted by Gasteiger charge is 2.08. The summed E-state index contributed by atoms with van der Waals surface area (Å²) < 4.78 is 53.7. The highest BCUT2D eigenvalue weighted by atomic mass is 19.1. The number of benzene rings is 2. The quantitative estimate of drug-likeness (QED) is 0.499. The van der Waals surface area contributed by atoms with Crippen LogP contribution in [0.1, 0.15) is 22.3 Å². The Morgan fingerprint density at radius 1 is 0.700 bits per heavy atom. The summed E-state index contributed by atoms with van der Waals surface area (Å²) in [6.07, 6.45) is 0. The molecule has 0 aliphatic rings. The van der Waals surface area contributed by atoms with Crippen molar-refractivity contribution in [1.29, 1.82) is 0 Å². The van der Waals surface area contributed by atoms with Crippen LogP contribution < -0.4 is 0 Å². The first-order valence-corrected chi connectivity index (χ1v) is 5.82. The van der Waals surface area contributed by atoms with Crippen LogP contribution >= 0.6 is 0 Å². The molecule has 0 amide bonds. The van der Waals surface area contributed by atoms with Crippen molar-refractivity contribution in [3.8, 4) is 11.8 Å². The highest BCUT2D eigenvalue weighted by Crippen LogP contribution is 2.16. The Kier molecular flexibility index (Phi) is 3.80. The number of halogens is 4. The van der Waals surface area contributed by atoms with Crippen LogP contribution in [-0.2, 0) is 0 Å². The number of rotatable bonds is 0. The lowest BCUT2D eigenvalue weighted by molar-refractivity contribution is 0.567. The van der Waals surface area contributed by atoms with Crippen molar-refractivity contribution in [3.05, 3.63) is 69.8 Å². The summed E-state index contributed by atoms with van der Waals surface area (Å²) in [6, 6.07) is 4.33. The number of aryl methyl sites for hydroxylation is 1. The van der Waals surface area contributed by atoms with Gasteiger partial charge >= 0.3 is 0 Å². The maximum Gasteiger partial charge on any atom is 0.142 e. The van der Waals surface area contributed by atoms with Gasteiger partial charge in [0, 0.05) is 11.1 Å². The Morgan fingerprint density at radius 3 is 1.70 bits per heavy atom. The van der Waals surface area contributed by atoms with Crippen molar-refractivity contribution >= 4 is 0 Å². The highest BCUT2D eigenvalue weighted by molar-refractivity contribution is 5.45. The van der Waals surface area contributed by atoms with E-state index >= 15 is 0 Å². The van der Waals surface area contributed by atoms with E-state index in [1.54, 1.807) is 6.92 Å². The smallest absolute Gasteiger partial charge is 0.142 e. The van der Waals surface area contributed by atoms with Gasteiger partial charge in [-0.1, -0.05) is 11.8 Å². The maximum absolute atomic E-state index is 13.5. The van der Waals surface area contributed by atoms with Crippen LogP contribution in [0.4, 0.5) is 17.6 Å². The van der Waals surface area contributed by atoms with E-state index in [0.29, 0.717) is 5.56 Å². The topological polar surface area (TPSA) is 0 Å². The Labute approximate surface area is 114 Å². The van der Waals surface area contributed by atoms with E-state index in [2.05, 4.69) is 11.8 Å². The zero-order valence-electron chi connectivity index (χ0n) is 10.8. The first-order chi connectivity index (χ1) is 9.38. The summed E-state index contributed by atoms with van der Waals surface area (Å²) >= 11 is 0. The van der Waals surface area contributed by atoms with Crippen LogP contribution in [0, 0.1) is 49.0 Å². The normalized spacial score (nSPS) is 10.1. The molecule has 102 valence electrons. The largest absolute Gasteiger partial charge is 0.207 e. The van der Waals surface area contributed by atoms with Crippen LogP contribution in [0.15, 0.2) is 24.3 Å². The summed E-state index contributed by atoms with van der Waals surface area (Å²) in [5.74, 6) is 1.52. The molecule has 0 bridgehead atoms. The van der Waals surface area contributed by atoms with E-state index < -0.39 is 28.8 Å². The first kappa shape index (κ1) is 14.1. The van der Waals surface area contributed by atoms with Gasteiger partial charge in [0.2, 0.25) is 0 Å². The zero-order chi connectivity index (χ0) is 14.9. The van der Waals surface area contributed by atoms with E-state index in [-0.39, 0.29) is 11.1 Å². The molecule has 2 rings (SSSR count). The van der Waals surface area contributed by atoms with Crippen LogP contribution in [-0.4, -0.2) is 0 Å². The molecule has 0 saturated heterocycles. The SMILES string of the molecule is Cc1cc(F)c(C#Cc2cc(F)c(C)c(F)c2)c(F)c1. The lowest BCUT2D eigenvalue weighted by Crippen LogP contribution is -1.93. The lowest BCUT2D eigenvalue weighted by atomic mass is 10.1. The Balaban J connectivity index is 2.47. The van der Waals surface area contributed by atoms with Gasteiger partial charge in [-0.2, -0.15) is 0 Å². The molecule has 20 heavy (non-hydrogen) atoms. The molecule has 0 saturated carbocycles. The number of hydrogen-bond donors (Lipinski definition) is 0. The van der Waals surface area contributed by atoms with E-state index in [9.17, 15) is 17.6 Å². The van der Waals surface area contributed by atoms with Gasteiger partial charge in [-0.3, -0.25) is 0 Å². The van der Waals surface area contributed by atoms with Crippen molar-refractivity contribution in [2.24, 2.45) is 0 Å². The Bertz CT molecular complexity index is 690. The number of hydrogen-bond acceptors (Lipinski definition) is 0. The van der Waals surface area contributed by atoms with Gasteiger partial charge in [0.05, 0.1) is 5.56 Å². The predicted molar refractivity (Wildman–Crippen MR) is 68.2 cm³/mol. The average Bonchev–Trinajstić information content (AvgIpc) is 2.34. The van der Waals surface area contributed by atoms with Gasteiger partial charge in [0.15, 0.2) is 0 Å². The van der Waals surface area contributed by atoms with E-state index in [1.165, 1.54) is 6.92 Å². The average molecular weight is 278 g/mol. The molecule has 0 fully saturated rings. The van der Waals surface area contributed by atoms with Gasteiger partial charge in [0.25, 0.3) is 0 Å². The molecule has 2 aromatic rings. The molecule has 0 spiro atoms. The van der Waals surface area contributed by atoms with Gasteiger partial charge < -0.3 is 0 Å². The van der Waals surface area contributed by atoms with Crippen LogP contribution in [0.2, 0.25) is 0 Å². The fraction of sp³-hybridized carbons (Fsp3) is 0.125. The Hall–Kier alpha value is -2.28. The fourth-order valence-electron chi connectivity index (χ4n) is 1.67. The Morgan fingerprint density at radius 2 is 1.20 bits per heavy atom. The molecule has 0 heterocycles. The second kappa shape index (κ2) is 5.38. The molecule has 0 aromatic heterocycles. The second-order valence-electron chi connectivity index (χ2n) is 4.42. The van der Waals surface area contributed by atoms with E-state index in [0.717, 1.165) is 24.3 Å². The minimum atomic E-state index is -0.803. The summed E-state index contributed by atoms with van der Waals surface area (Å²) in [5, 5.41) is 0. The lowest BCUT2D eigenvalue weighted by Gasteiger charge is -2.00. The summed E-state index contributed by atoms with van der Waals surface area (Å²) in [4.78, 5) is 0. The standard InChI is InChI=1S/C16H10F4/c1-9-5-15(19)12(16(20)6-9)4-3-11-7-13(17)10(2)14(18)8-11/h5-8H,1-2H3. The second-order valence-corrected chi connectivity index (χ2v) is 4.42. The molecule has 4 heteroatoms. The molecule has 0 aliphatic carbocycles. The molecule has 0 atom stereocenters. The molecular weight excluding hydrogens is 268 g/mol. The fourth-order valence-corrected chi connectivity index (χ4v) is 1.67. The van der Waals surface area contributed by atoms with Crippen molar-refractivity contribution < 1.29 is 17.6 Å². The van der Waals surface area contributed by atoms with Crippen LogP contribution in [0.5, 0.6) is 0 Å². The van der Waals surface area contributed by atoms with E-state index in [1.807, 2.05) is 0 Å². The van der Waals surface area contributed by atoms with Crippen molar-refractivity contribution in [2.45, 2.75) is 13.8 Å². The van der Waals surface area contributed by atoms with Gasteiger partial charge in [0.1, 0.15) is 23.3 Å². The molecule has 0 radical (unpaired) electrons. The third-order valence-electron chi connectivity index (χ3n) is 2.80. The minimum Gasteiger partial charge on any atom is -0.207 e. The van der Waals surface area contributed by atoms with Crippen molar-refractivity contribution in [3.63, 3.8) is 0 Å². The van der Waals surface area contributed by atoms with Gasteiger partial charge in [-0.05, 0) is 43.7 Å². The van der Waals surface area contributed by atoms with Crippen LogP contribution in [0.3, 0.4) is 0 Å². The van der Waals surface area contributed by atoms with E-state index in [4.69, 9.17) is 0 Å². The van der Waals surface area contributed by atoms with Gasteiger partial charge in [-0.15, -0.1) is 0 Å². The minimum absolute atomic E-state index is 0.0185. The monoisotopic (exact) mass is 278 g/mol. The zero-order valence-corrected chi connectivity index (χ0v) is 10.8. The molecule has 0 unspecified atom stereocenters. The summed E-state index contributed by atoms with van der Waals surface area (Å²) in [6.45, 7) is 2.84. The van der Waals surface area contributed by atoms with Crippen molar-refractivity contribution in [2.75, 3.05) is 0 Å². The molecule has 0 aliphatic heterocycles. The first-order valence-electron chi connectivity index (χ1n) is 5.82. The summed E-state index contributed by atoms with van der Waals surface area (Å²) in [5.41, 5.74) is -0.0943. The van der Waals surface area contributed by atoms with Crippen LogP contribution in [0.25, 0.3) is 0 Å². The predicted octanol–water partition coefficient (Wildman–Crippen LogP) is 4.26. The molecule has 0 nitrogen and oxygen atoms in total. The third kappa shape index (κ3) is 2.83. The van der Waals surface area contributed by atoms with Gasteiger partial charge in [-0.25, -0.2) is 17.6 Å². The summed E-state index contributed by atoms with van der Waals surface area (Å²) in [7, 11) is 0. The molecule has 0 N–H and O–H groups in total. The third-order valence-corrected chi connectivity index (χ3v) is 2.80.